The van der Waals surface area contributed by atoms with Crippen LogP contribution in [-0.2, 0) is 9.47 Å². The Bertz CT molecular complexity index is 114. The van der Waals surface area contributed by atoms with Gasteiger partial charge in [0.2, 0.25) is 0 Å². The lowest BCUT2D eigenvalue weighted by molar-refractivity contribution is -0.179. The number of hydrogen-bond acceptors (Lipinski definition) is 2. The molecule has 0 N–H and O–H groups in total. The molecule has 2 fully saturated rings. The van der Waals surface area contributed by atoms with E-state index in [1.807, 2.05) is 0 Å². The average Bonchev–Trinajstić information content (AvgIpc) is 2.46. The zero-order valence-electron chi connectivity index (χ0n) is 5.72. The van der Waals surface area contributed by atoms with Crippen molar-refractivity contribution in [2.75, 3.05) is 7.11 Å². The Morgan fingerprint density at radius 1 is 1.44 bits per heavy atom. The topological polar surface area (TPSA) is 18.5 Å². The smallest absolute Gasteiger partial charge is 0.168 e. The van der Waals surface area contributed by atoms with Gasteiger partial charge in [-0.1, -0.05) is 0 Å². The molecule has 0 aromatic rings. The largest absolute Gasteiger partial charge is 0.353 e. The zero-order chi connectivity index (χ0) is 6.32. The van der Waals surface area contributed by atoms with Gasteiger partial charge in [0.15, 0.2) is 5.79 Å². The maximum Gasteiger partial charge on any atom is 0.168 e. The van der Waals surface area contributed by atoms with Crippen LogP contribution in [0.25, 0.3) is 0 Å². The minimum atomic E-state index is -0.148. The minimum Gasteiger partial charge on any atom is -0.353 e. The summed E-state index contributed by atoms with van der Waals surface area (Å²) in [4.78, 5) is 0. The molecule has 0 spiro atoms. The molecule has 0 aromatic heterocycles. The lowest BCUT2D eigenvalue weighted by Crippen LogP contribution is -2.26. The molecular weight excluding hydrogens is 116 g/mol. The van der Waals surface area contributed by atoms with Crippen molar-refractivity contribution in [3.8, 4) is 0 Å². The van der Waals surface area contributed by atoms with Crippen molar-refractivity contribution in [1.82, 2.24) is 0 Å². The van der Waals surface area contributed by atoms with Gasteiger partial charge in [0, 0.05) is 20.0 Å². The lowest BCUT2D eigenvalue weighted by atomic mass is 9.98. The number of methoxy groups -OCH3 is 1. The van der Waals surface area contributed by atoms with Gasteiger partial charge in [-0.2, -0.15) is 0 Å². The van der Waals surface area contributed by atoms with Crippen LogP contribution in [0, 0.1) is 0 Å². The van der Waals surface area contributed by atoms with Crippen LogP contribution in [0.5, 0.6) is 0 Å². The molecule has 2 rings (SSSR count). The first-order valence-corrected chi connectivity index (χ1v) is 3.58. The van der Waals surface area contributed by atoms with Gasteiger partial charge >= 0.3 is 0 Å². The number of rotatable bonds is 1. The second kappa shape index (κ2) is 1.70. The summed E-state index contributed by atoms with van der Waals surface area (Å²) in [7, 11) is 1.74. The third kappa shape index (κ3) is 0.700. The molecule has 2 nitrogen and oxygen atoms in total. The fourth-order valence-electron chi connectivity index (χ4n) is 1.82. The average molecular weight is 128 g/mol. The standard InChI is InChI=1S/C7H12O2/c1-8-7-4-2-6(9-7)3-5-7/h6H,2-5H2,1H3. The van der Waals surface area contributed by atoms with Gasteiger partial charge < -0.3 is 9.47 Å². The van der Waals surface area contributed by atoms with Crippen molar-refractivity contribution in [1.29, 1.82) is 0 Å². The van der Waals surface area contributed by atoms with E-state index < -0.39 is 0 Å². The van der Waals surface area contributed by atoms with E-state index in [2.05, 4.69) is 0 Å². The summed E-state index contributed by atoms with van der Waals surface area (Å²) in [6.07, 6.45) is 5.13. The molecule has 2 aliphatic rings. The van der Waals surface area contributed by atoms with Crippen LogP contribution in [-0.4, -0.2) is 19.0 Å². The van der Waals surface area contributed by atoms with E-state index in [1.165, 1.54) is 12.8 Å². The van der Waals surface area contributed by atoms with Crippen molar-refractivity contribution in [3.05, 3.63) is 0 Å². The molecule has 2 saturated heterocycles. The predicted molar refractivity (Wildman–Crippen MR) is 33.1 cm³/mol. The summed E-state index contributed by atoms with van der Waals surface area (Å²) in [5, 5.41) is 0. The quantitative estimate of drug-likeness (QED) is 0.530. The van der Waals surface area contributed by atoms with E-state index in [1.54, 1.807) is 7.11 Å². The number of hydrogen-bond donors (Lipinski definition) is 0. The van der Waals surface area contributed by atoms with Crippen molar-refractivity contribution in [3.63, 3.8) is 0 Å². The van der Waals surface area contributed by atoms with E-state index in [9.17, 15) is 0 Å². The Balaban J connectivity index is 2.13. The van der Waals surface area contributed by atoms with E-state index in [0.29, 0.717) is 6.10 Å². The Morgan fingerprint density at radius 3 is 2.33 bits per heavy atom. The Morgan fingerprint density at radius 2 is 2.11 bits per heavy atom. The highest BCUT2D eigenvalue weighted by Crippen LogP contribution is 2.43. The first-order valence-electron chi connectivity index (χ1n) is 3.58. The highest BCUT2D eigenvalue weighted by Gasteiger charge is 2.46. The molecule has 0 unspecified atom stereocenters. The third-order valence-corrected chi connectivity index (χ3v) is 2.45. The van der Waals surface area contributed by atoms with Crippen LogP contribution in [0.4, 0.5) is 0 Å². The summed E-state index contributed by atoms with van der Waals surface area (Å²) >= 11 is 0. The molecule has 0 aliphatic carbocycles. The molecular formula is C7H12O2. The first kappa shape index (κ1) is 5.69. The summed E-state index contributed by atoms with van der Waals surface area (Å²) < 4.78 is 10.9. The predicted octanol–water partition coefficient (Wildman–Crippen LogP) is 1.30. The molecule has 2 bridgehead atoms. The normalized spacial score (nSPS) is 48.3. The highest BCUT2D eigenvalue weighted by molar-refractivity contribution is 4.88. The molecule has 2 heteroatoms. The Kier molecular flexibility index (Phi) is 1.08. The molecule has 9 heavy (non-hydrogen) atoms. The van der Waals surface area contributed by atoms with E-state index in [-0.39, 0.29) is 5.79 Å². The van der Waals surface area contributed by atoms with Gasteiger partial charge in [0.1, 0.15) is 0 Å². The molecule has 2 aliphatic heterocycles. The van der Waals surface area contributed by atoms with E-state index in [4.69, 9.17) is 9.47 Å². The van der Waals surface area contributed by atoms with Crippen molar-refractivity contribution >= 4 is 0 Å². The fourth-order valence-corrected chi connectivity index (χ4v) is 1.82. The minimum absolute atomic E-state index is 0.148. The van der Waals surface area contributed by atoms with Gasteiger partial charge in [-0.25, -0.2) is 0 Å². The first-order chi connectivity index (χ1) is 4.35. The van der Waals surface area contributed by atoms with Gasteiger partial charge in [0.05, 0.1) is 6.10 Å². The molecule has 0 saturated carbocycles. The van der Waals surface area contributed by atoms with Gasteiger partial charge in [-0.3, -0.25) is 0 Å². The molecule has 2 heterocycles. The van der Waals surface area contributed by atoms with Crippen molar-refractivity contribution < 1.29 is 9.47 Å². The number of ether oxygens (including phenoxy) is 2. The van der Waals surface area contributed by atoms with Crippen LogP contribution in [0.15, 0.2) is 0 Å². The van der Waals surface area contributed by atoms with Crippen LogP contribution >= 0.6 is 0 Å². The lowest BCUT2D eigenvalue weighted by Gasteiger charge is -2.21. The van der Waals surface area contributed by atoms with Gasteiger partial charge in [0.25, 0.3) is 0 Å². The monoisotopic (exact) mass is 128 g/mol. The van der Waals surface area contributed by atoms with Crippen LogP contribution in [0.1, 0.15) is 25.7 Å². The molecule has 0 amide bonds. The molecule has 52 valence electrons. The number of fused-ring (bicyclic) bond motifs is 2. The van der Waals surface area contributed by atoms with Gasteiger partial charge in [-0.15, -0.1) is 0 Å². The summed E-state index contributed by atoms with van der Waals surface area (Å²) in [5.41, 5.74) is 0. The van der Waals surface area contributed by atoms with Crippen molar-refractivity contribution in [2.24, 2.45) is 0 Å². The van der Waals surface area contributed by atoms with E-state index >= 15 is 0 Å². The van der Waals surface area contributed by atoms with Crippen LogP contribution in [0.2, 0.25) is 0 Å². The van der Waals surface area contributed by atoms with Crippen LogP contribution in [0.3, 0.4) is 0 Å². The maximum atomic E-state index is 5.59. The second-order valence-electron chi connectivity index (χ2n) is 2.93. The second-order valence-corrected chi connectivity index (χ2v) is 2.93. The molecule has 0 atom stereocenters. The third-order valence-electron chi connectivity index (χ3n) is 2.45. The Hall–Kier alpha value is -0.0800. The SMILES string of the molecule is COC12CCC(CC1)O2. The fraction of sp³-hybridized carbons (Fsp3) is 1.00. The zero-order valence-corrected chi connectivity index (χ0v) is 5.72. The van der Waals surface area contributed by atoms with Crippen LogP contribution < -0.4 is 0 Å². The molecule has 0 radical (unpaired) electrons. The summed E-state index contributed by atoms with van der Waals surface area (Å²) in [6, 6.07) is 0. The summed E-state index contributed by atoms with van der Waals surface area (Å²) in [5.74, 6) is -0.148. The summed E-state index contributed by atoms with van der Waals surface area (Å²) in [6.45, 7) is 0. The molecule has 0 aromatic carbocycles. The van der Waals surface area contributed by atoms with Crippen molar-refractivity contribution in [2.45, 2.75) is 37.6 Å². The van der Waals surface area contributed by atoms with Gasteiger partial charge in [-0.05, 0) is 12.8 Å². The van der Waals surface area contributed by atoms with E-state index in [0.717, 1.165) is 12.8 Å². The highest BCUT2D eigenvalue weighted by atomic mass is 16.7. The Labute approximate surface area is 55.1 Å². The maximum absolute atomic E-state index is 5.59.